The Kier molecular flexibility index (Phi) is 6.11. The van der Waals surface area contributed by atoms with Crippen LogP contribution < -0.4 is 15.5 Å². The van der Waals surface area contributed by atoms with E-state index < -0.39 is 6.10 Å². The number of nitrogens with zero attached hydrogens (tertiary/aromatic N) is 2. The van der Waals surface area contributed by atoms with Crippen LogP contribution >= 0.6 is 0 Å². The van der Waals surface area contributed by atoms with Crippen LogP contribution in [0.2, 0.25) is 0 Å². The summed E-state index contributed by atoms with van der Waals surface area (Å²) in [7, 11) is 0. The average molecular weight is 374 g/mol. The van der Waals surface area contributed by atoms with E-state index in [9.17, 15) is 9.90 Å². The van der Waals surface area contributed by atoms with E-state index in [1.165, 1.54) is 32.6 Å². The Morgan fingerprint density at radius 2 is 2.00 bits per heavy atom. The quantitative estimate of drug-likeness (QED) is 0.477. The molecule has 0 spiro atoms. The number of β-amino-alcohol motifs (C(OH)–C–C–N with tert-alkyl or cyclic N) is 1. The SMILES string of the molecule is CC(=N)NC(=O)c1cc(C)c(C)nc1N1CC[C@H](NC2CCCC2)[C@H](O)C1. The van der Waals surface area contributed by atoms with E-state index in [-0.39, 0.29) is 17.8 Å². The minimum atomic E-state index is -0.497. The Morgan fingerprint density at radius 1 is 1.30 bits per heavy atom. The van der Waals surface area contributed by atoms with Crippen LogP contribution in [-0.4, -0.2) is 53.1 Å². The van der Waals surface area contributed by atoms with Gasteiger partial charge in [0.05, 0.1) is 17.5 Å². The van der Waals surface area contributed by atoms with Crippen LogP contribution in [0.3, 0.4) is 0 Å². The molecule has 4 N–H and O–H groups in total. The fourth-order valence-electron chi connectivity index (χ4n) is 4.05. The molecule has 1 aromatic heterocycles. The molecule has 148 valence electrons. The first-order valence-electron chi connectivity index (χ1n) is 9.89. The number of piperidine rings is 1. The molecule has 0 unspecified atom stereocenters. The van der Waals surface area contributed by atoms with Gasteiger partial charge in [-0.1, -0.05) is 12.8 Å². The Bertz CT molecular complexity index is 715. The van der Waals surface area contributed by atoms with Gasteiger partial charge in [-0.05, 0) is 51.7 Å². The Hall–Kier alpha value is -1.99. The molecule has 0 radical (unpaired) electrons. The number of hydrogen-bond acceptors (Lipinski definition) is 6. The van der Waals surface area contributed by atoms with Gasteiger partial charge in [0.2, 0.25) is 0 Å². The van der Waals surface area contributed by atoms with Crippen LogP contribution in [-0.2, 0) is 0 Å². The second-order valence-electron chi connectivity index (χ2n) is 7.90. The number of hydrogen-bond donors (Lipinski definition) is 4. The molecule has 0 bridgehead atoms. The number of nitrogens with one attached hydrogen (secondary N) is 3. The summed E-state index contributed by atoms with van der Waals surface area (Å²) in [4.78, 5) is 19.2. The summed E-state index contributed by atoms with van der Waals surface area (Å²) in [5, 5.41) is 24.4. The van der Waals surface area contributed by atoms with Gasteiger partial charge in [0.25, 0.3) is 5.91 Å². The van der Waals surface area contributed by atoms with Gasteiger partial charge in [0.1, 0.15) is 5.82 Å². The van der Waals surface area contributed by atoms with E-state index in [1.807, 2.05) is 24.8 Å². The van der Waals surface area contributed by atoms with Crippen molar-refractivity contribution in [1.82, 2.24) is 15.6 Å². The van der Waals surface area contributed by atoms with Crippen LogP contribution in [0.25, 0.3) is 0 Å². The average Bonchev–Trinajstić information content (AvgIpc) is 3.11. The van der Waals surface area contributed by atoms with Gasteiger partial charge in [-0.15, -0.1) is 0 Å². The molecule has 0 aromatic carbocycles. The summed E-state index contributed by atoms with van der Waals surface area (Å²) in [5.74, 6) is 0.368. The number of aromatic nitrogens is 1. The monoisotopic (exact) mass is 373 g/mol. The van der Waals surface area contributed by atoms with Crippen molar-refractivity contribution in [2.24, 2.45) is 0 Å². The van der Waals surface area contributed by atoms with Crippen LogP contribution in [0.5, 0.6) is 0 Å². The molecule has 1 aliphatic carbocycles. The van der Waals surface area contributed by atoms with Crippen molar-refractivity contribution in [3.63, 3.8) is 0 Å². The number of aryl methyl sites for hydroxylation is 2. The topological polar surface area (TPSA) is 101 Å². The summed E-state index contributed by atoms with van der Waals surface area (Å²) in [6, 6.07) is 2.44. The molecule has 2 atom stereocenters. The molecular weight excluding hydrogens is 342 g/mol. The maximum absolute atomic E-state index is 12.6. The predicted molar refractivity (Wildman–Crippen MR) is 107 cm³/mol. The number of carbonyl (C=O) groups is 1. The van der Waals surface area contributed by atoms with Gasteiger partial charge in [-0.2, -0.15) is 0 Å². The summed E-state index contributed by atoms with van der Waals surface area (Å²) in [6.07, 6.45) is 5.24. The number of anilines is 1. The fraction of sp³-hybridized carbons (Fsp3) is 0.650. The Labute approximate surface area is 161 Å². The van der Waals surface area contributed by atoms with E-state index in [2.05, 4.69) is 15.6 Å². The zero-order valence-corrected chi connectivity index (χ0v) is 16.5. The number of aliphatic hydroxyl groups excluding tert-OH is 1. The summed E-state index contributed by atoms with van der Waals surface area (Å²) >= 11 is 0. The molecule has 1 aliphatic heterocycles. The van der Waals surface area contributed by atoms with Crippen molar-refractivity contribution in [2.75, 3.05) is 18.0 Å². The lowest BCUT2D eigenvalue weighted by Gasteiger charge is -2.39. The molecule has 7 heteroatoms. The molecular formula is C20H31N5O2. The lowest BCUT2D eigenvalue weighted by atomic mass is 9.99. The Balaban J connectivity index is 1.76. The summed E-state index contributed by atoms with van der Waals surface area (Å²) < 4.78 is 0. The first kappa shape index (κ1) is 19.8. The van der Waals surface area contributed by atoms with E-state index in [0.717, 1.165) is 24.2 Å². The van der Waals surface area contributed by atoms with Gasteiger partial charge >= 0.3 is 0 Å². The minimum absolute atomic E-state index is 0.0944. The maximum atomic E-state index is 12.6. The van der Waals surface area contributed by atoms with Gasteiger partial charge in [0, 0.05) is 30.9 Å². The summed E-state index contributed by atoms with van der Waals surface area (Å²) in [5.41, 5.74) is 2.26. The van der Waals surface area contributed by atoms with Crippen LogP contribution in [0, 0.1) is 19.3 Å². The molecule has 2 heterocycles. The normalized spacial score (nSPS) is 23.5. The third kappa shape index (κ3) is 4.65. The van der Waals surface area contributed by atoms with Crippen molar-refractivity contribution < 1.29 is 9.90 Å². The number of carbonyl (C=O) groups excluding carboxylic acids is 1. The number of amides is 1. The lowest BCUT2D eigenvalue weighted by molar-refractivity contribution is 0.0971. The molecule has 1 saturated carbocycles. The highest BCUT2D eigenvalue weighted by Gasteiger charge is 2.32. The van der Waals surface area contributed by atoms with Crippen LogP contribution in [0.4, 0.5) is 5.82 Å². The molecule has 3 rings (SSSR count). The second kappa shape index (κ2) is 8.35. The van der Waals surface area contributed by atoms with E-state index in [0.29, 0.717) is 24.0 Å². The van der Waals surface area contributed by atoms with Crippen molar-refractivity contribution >= 4 is 17.6 Å². The van der Waals surface area contributed by atoms with Crippen molar-refractivity contribution in [3.05, 3.63) is 22.9 Å². The lowest BCUT2D eigenvalue weighted by Crippen LogP contribution is -2.55. The number of rotatable bonds is 4. The minimum Gasteiger partial charge on any atom is -0.390 e. The van der Waals surface area contributed by atoms with Gasteiger partial charge < -0.3 is 20.6 Å². The number of amidine groups is 1. The predicted octanol–water partition coefficient (Wildman–Crippen LogP) is 1.90. The summed E-state index contributed by atoms with van der Waals surface area (Å²) in [6.45, 7) is 6.57. The fourth-order valence-corrected chi connectivity index (χ4v) is 4.05. The number of pyridine rings is 1. The molecule has 2 fully saturated rings. The molecule has 7 nitrogen and oxygen atoms in total. The number of aliphatic hydroxyl groups is 1. The third-order valence-corrected chi connectivity index (χ3v) is 5.68. The van der Waals surface area contributed by atoms with E-state index in [1.54, 1.807) is 0 Å². The molecule has 1 saturated heterocycles. The second-order valence-corrected chi connectivity index (χ2v) is 7.90. The zero-order valence-electron chi connectivity index (χ0n) is 16.5. The first-order chi connectivity index (χ1) is 12.8. The van der Waals surface area contributed by atoms with Crippen LogP contribution in [0.15, 0.2) is 6.07 Å². The van der Waals surface area contributed by atoms with E-state index >= 15 is 0 Å². The van der Waals surface area contributed by atoms with Gasteiger partial charge in [-0.3, -0.25) is 10.2 Å². The zero-order chi connectivity index (χ0) is 19.6. The molecule has 1 amide bonds. The van der Waals surface area contributed by atoms with Crippen LogP contribution in [0.1, 0.15) is 60.6 Å². The van der Waals surface area contributed by atoms with Crippen molar-refractivity contribution in [3.8, 4) is 0 Å². The van der Waals surface area contributed by atoms with E-state index in [4.69, 9.17) is 5.41 Å². The highest BCUT2D eigenvalue weighted by molar-refractivity contribution is 6.07. The third-order valence-electron chi connectivity index (χ3n) is 5.68. The van der Waals surface area contributed by atoms with Crippen molar-refractivity contribution in [2.45, 2.75) is 71.1 Å². The smallest absolute Gasteiger partial charge is 0.260 e. The van der Waals surface area contributed by atoms with Crippen molar-refractivity contribution in [1.29, 1.82) is 5.41 Å². The van der Waals surface area contributed by atoms with Gasteiger partial charge in [0.15, 0.2) is 0 Å². The largest absolute Gasteiger partial charge is 0.390 e. The molecule has 27 heavy (non-hydrogen) atoms. The first-order valence-corrected chi connectivity index (χ1v) is 9.89. The standard InChI is InChI=1S/C20H31N5O2/c1-12-10-16(20(27)23-14(3)21)19(22-13(12)2)25-9-8-17(18(26)11-25)24-15-6-4-5-7-15/h10,15,17-18,24,26H,4-9,11H2,1-3H3,(H2,21,23,27)/t17-,18+/m0/s1. The highest BCUT2D eigenvalue weighted by Crippen LogP contribution is 2.26. The van der Waals surface area contributed by atoms with Gasteiger partial charge in [-0.25, -0.2) is 4.98 Å². The molecule has 1 aromatic rings. The maximum Gasteiger partial charge on any atom is 0.260 e. The molecule has 2 aliphatic rings. The highest BCUT2D eigenvalue weighted by atomic mass is 16.3. The Morgan fingerprint density at radius 3 is 2.63 bits per heavy atom.